The summed E-state index contributed by atoms with van der Waals surface area (Å²) in [6, 6.07) is 14.2. The van der Waals surface area contributed by atoms with Crippen LogP contribution in [-0.4, -0.2) is 21.0 Å². The van der Waals surface area contributed by atoms with E-state index in [9.17, 15) is 19.7 Å². The number of hydrogen-bond acceptors (Lipinski definition) is 6. The molecule has 1 aliphatic rings. The number of amides is 2. The van der Waals surface area contributed by atoms with Crippen molar-refractivity contribution < 1.29 is 18.9 Å². The molecule has 1 aromatic heterocycles. The SMILES string of the molecule is O=C1S/C(=C\c2ccc(-c3ccc(Cl)cc3[N+](=O)[O-])o2)C(=O)N1Cc1ccc(Cl)cc1. The Bertz CT molecular complexity index is 1240. The van der Waals surface area contributed by atoms with Gasteiger partial charge in [0.05, 0.1) is 21.9 Å². The summed E-state index contributed by atoms with van der Waals surface area (Å²) in [7, 11) is 0. The monoisotopic (exact) mass is 474 g/mol. The Morgan fingerprint density at radius 3 is 2.45 bits per heavy atom. The molecule has 0 atom stereocenters. The van der Waals surface area contributed by atoms with Crippen LogP contribution < -0.4 is 0 Å². The molecule has 4 rings (SSSR count). The second-order valence-electron chi connectivity index (χ2n) is 6.51. The standard InChI is InChI=1S/C21H12Cl2N2O5S/c22-13-3-1-12(2-4-13)11-24-20(26)19(31-21(24)27)10-15-6-8-18(30-15)16-7-5-14(23)9-17(16)25(28)29/h1-10H,11H2/b19-10-. The van der Waals surface area contributed by atoms with E-state index in [2.05, 4.69) is 0 Å². The quantitative estimate of drug-likeness (QED) is 0.241. The number of nitrogens with zero attached hydrogens (tertiary/aromatic N) is 2. The average Bonchev–Trinajstić information content (AvgIpc) is 3.29. The molecule has 1 saturated heterocycles. The molecule has 156 valence electrons. The second kappa shape index (κ2) is 8.58. The summed E-state index contributed by atoms with van der Waals surface area (Å²) in [5.74, 6) is 0.0895. The molecule has 0 saturated carbocycles. The van der Waals surface area contributed by atoms with Crippen molar-refractivity contribution in [3.05, 3.63) is 91.0 Å². The highest BCUT2D eigenvalue weighted by Gasteiger charge is 2.35. The lowest BCUT2D eigenvalue weighted by Gasteiger charge is -2.12. The molecular weight excluding hydrogens is 463 g/mol. The molecule has 10 heteroatoms. The highest BCUT2D eigenvalue weighted by Crippen LogP contribution is 2.36. The van der Waals surface area contributed by atoms with Crippen LogP contribution in [0, 0.1) is 10.1 Å². The minimum Gasteiger partial charge on any atom is -0.456 e. The topological polar surface area (TPSA) is 93.7 Å². The summed E-state index contributed by atoms with van der Waals surface area (Å²) in [6.07, 6.45) is 1.44. The average molecular weight is 475 g/mol. The summed E-state index contributed by atoms with van der Waals surface area (Å²) < 4.78 is 5.68. The van der Waals surface area contributed by atoms with Crippen molar-refractivity contribution in [2.24, 2.45) is 0 Å². The van der Waals surface area contributed by atoms with Crippen LogP contribution >= 0.6 is 35.0 Å². The summed E-state index contributed by atoms with van der Waals surface area (Å²) in [5, 5.41) is 11.7. The predicted octanol–water partition coefficient (Wildman–Crippen LogP) is 6.40. The van der Waals surface area contributed by atoms with E-state index in [1.165, 1.54) is 24.3 Å². The molecule has 0 N–H and O–H groups in total. The van der Waals surface area contributed by atoms with Crippen LogP contribution in [-0.2, 0) is 11.3 Å². The summed E-state index contributed by atoms with van der Waals surface area (Å²) in [4.78, 5) is 37.1. The molecule has 2 amide bonds. The highest BCUT2D eigenvalue weighted by atomic mass is 35.5. The van der Waals surface area contributed by atoms with Gasteiger partial charge in [-0.05, 0) is 53.7 Å². The van der Waals surface area contributed by atoms with Gasteiger partial charge in [0.2, 0.25) is 0 Å². The third-order valence-electron chi connectivity index (χ3n) is 4.45. The van der Waals surface area contributed by atoms with Crippen molar-refractivity contribution in [3.63, 3.8) is 0 Å². The van der Waals surface area contributed by atoms with Gasteiger partial charge in [-0.1, -0.05) is 35.3 Å². The van der Waals surface area contributed by atoms with Gasteiger partial charge in [0.15, 0.2) is 0 Å². The van der Waals surface area contributed by atoms with Gasteiger partial charge < -0.3 is 4.42 Å². The lowest BCUT2D eigenvalue weighted by molar-refractivity contribution is -0.384. The zero-order chi connectivity index (χ0) is 22.1. The van der Waals surface area contributed by atoms with Gasteiger partial charge in [-0.3, -0.25) is 24.6 Å². The Kier molecular flexibility index (Phi) is 5.86. The van der Waals surface area contributed by atoms with Gasteiger partial charge in [0, 0.05) is 22.2 Å². The maximum atomic E-state index is 12.7. The number of nitro groups is 1. The van der Waals surface area contributed by atoms with E-state index in [4.69, 9.17) is 27.6 Å². The molecule has 3 aromatic rings. The van der Waals surface area contributed by atoms with Gasteiger partial charge in [-0.2, -0.15) is 0 Å². The molecule has 31 heavy (non-hydrogen) atoms. The minimum absolute atomic E-state index is 0.125. The van der Waals surface area contributed by atoms with Crippen molar-refractivity contribution >= 4 is 57.9 Å². The number of furan rings is 1. The second-order valence-corrected chi connectivity index (χ2v) is 8.38. The Hall–Kier alpha value is -3.07. The van der Waals surface area contributed by atoms with Crippen LogP contribution in [0.4, 0.5) is 10.5 Å². The van der Waals surface area contributed by atoms with E-state index in [0.29, 0.717) is 5.02 Å². The van der Waals surface area contributed by atoms with E-state index < -0.39 is 16.1 Å². The van der Waals surface area contributed by atoms with E-state index >= 15 is 0 Å². The molecule has 2 aromatic carbocycles. The van der Waals surface area contributed by atoms with Crippen LogP contribution in [0.5, 0.6) is 0 Å². The Balaban J connectivity index is 1.57. The maximum Gasteiger partial charge on any atom is 0.293 e. The number of carbonyl (C=O) groups is 2. The van der Waals surface area contributed by atoms with Crippen molar-refractivity contribution in [1.82, 2.24) is 4.90 Å². The highest BCUT2D eigenvalue weighted by molar-refractivity contribution is 8.18. The van der Waals surface area contributed by atoms with Gasteiger partial charge in [0.25, 0.3) is 16.8 Å². The number of thioether (sulfide) groups is 1. The number of halogens is 2. The van der Waals surface area contributed by atoms with Crippen molar-refractivity contribution in [3.8, 4) is 11.3 Å². The van der Waals surface area contributed by atoms with Crippen LogP contribution in [0.25, 0.3) is 17.4 Å². The van der Waals surface area contributed by atoms with E-state index in [1.807, 2.05) is 0 Å². The molecule has 0 unspecified atom stereocenters. The fraction of sp³-hybridized carbons (Fsp3) is 0.0476. The lowest BCUT2D eigenvalue weighted by atomic mass is 10.1. The van der Waals surface area contributed by atoms with Crippen molar-refractivity contribution in [2.45, 2.75) is 6.54 Å². The fourth-order valence-corrected chi connectivity index (χ4v) is 4.09. The Morgan fingerprint density at radius 2 is 1.74 bits per heavy atom. The number of rotatable bonds is 5. The number of hydrogen-bond donors (Lipinski definition) is 0. The molecule has 7 nitrogen and oxygen atoms in total. The van der Waals surface area contributed by atoms with Crippen LogP contribution in [0.1, 0.15) is 11.3 Å². The van der Waals surface area contributed by atoms with Crippen LogP contribution in [0.3, 0.4) is 0 Å². The smallest absolute Gasteiger partial charge is 0.293 e. The van der Waals surface area contributed by atoms with Crippen molar-refractivity contribution in [1.29, 1.82) is 0 Å². The van der Waals surface area contributed by atoms with Gasteiger partial charge in [-0.25, -0.2) is 0 Å². The first-order valence-electron chi connectivity index (χ1n) is 8.86. The Morgan fingerprint density at radius 1 is 1.03 bits per heavy atom. The Labute approximate surface area is 190 Å². The zero-order valence-corrected chi connectivity index (χ0v) is 17.9. The van der Waals surface area contributed by atoms with Crippen LogP contribution in [0.15, 0.2) is 63.9 Å². The molecule has 0 spiro atoms. The summed E-state index contributed by atoms with van der Waals surface area (Å²) >= 11 is 12.5. The maximum absolute atomic E-state index is 12.7. The summed E-state index contributed by atoms with van der Waals surface area (Å²) in [5.41, 5.74) is 0.824. The number of nitro benzene ring substituents is 1. The normalized spacial score (nSPS) is 15.2. The minimum atomic E-state index is -0.550. The predicted molar refractivity (Wildman–Crippen MR) is 119 cm³/mol. The first-order chi connectivity index (χ1) is 14.8. The lowest BCUT2D eigenvalue weighted by Crippen LogP contribution is -2.27. The molecule has 0 radical (unpaired) electrons. The molecule has 1 fully saturated rings. The van der Waals surface area contributed by atoms with E-state index in [0.717, 1.165) is 22.2 Å². The van der Waals surface area contributed by atoms with E-state index in [1.54, 1.807) is 36.4 Å². The van der Waals surface area contributed by atoms with E-state index in [-0.39, 0.29) is 39.2 Å². The molecule has 0 bridgehead atoms. The van der Waals surface area contributed by atoms with Crippen molar-refractivity contribution in [2.75, 3.05) is 0 Å². The number of benzene rings is 2. The molecular formula is C21H12Cl2N2O5S. The first-order valence-corrected chi connectivity index (χ1v) is 10.4. The fourth-order valence-electron chi connectivity index (χ4n) is 2.98. The van der Waals surface area contributed by atoms with Gasteiger partial charge >= 0.3 is 0 Å². The van der Waals surface area contributed by atoms with Gasteiger partial charge in [0.1, 0.15) is 11.5 Å². The molecule has 0 aliphatic carbocycles. The summed E-state index contributed by atoms with van der Waals surface area (Å²) in [6.45, 7) is 0.125. The molecule has 2 heterocycles. The first kappa shape index (κ1) is 21.2. The number of carbonyl (C=O) groups excluding carboxylic acids is 2. The van der Waals surface area contributed by atoms with Crippen LogP contribution in [0.2, 0.25) is 10.0 Å². The molecule has 1 aliphatic heterocycles. The third-order valence-corrected chi connectivity index (χ3v) is 5.84. The third kappa shape index (κ3) is 4.51. The van der Waals surface area contributed by atoms with Gasteiger partial charge in [-0.15, -0.1) is 0 Å². The zero-order valence-electron chi connectivity index (χ0n) is 15.6. The number of imide groups is 1. The largest absolute Gasteiger partial charge is 0.456 e.